The highest BCUT2D eigenvalue weighted by Gasteiger charge is 2.13. The monoisotopic (exact) mass is 152 g/mol. The van der Waals surface area contributed by atoms with Crippen LogP contribution in [0.15, 0.2) is 0 Å². The summed E-state index contributed by atoms with van der Waals surface area (Å²) in [7, 11) is -1.67. The molecule has 0 rings (SSSR count). The third kappa shape index (κ3) is 5.86. The largest absolute Gasteiger partial charge is 0.510 e. The van der Waals surface area contributed by atoms with Crippen LogP contribution in [0.5, 0.6) is 0 Å². The van der Waals surface area contributed by atoms with Crippen LogP contribution in [0.4, 0.5) is 0 Å². The molecule has 0 aliphatic carbocycles. The summed E-state index contributed by atoms with van der Waals surface area (Å²) in [4.78, 5) is 0. The zero-order valence-corrected chi connectivity index (χ0v) is 6.01. The minimum atomic E-state index is -1.67. The molecule has 0 radical (unpaired) electrons. The molecule has 54 valence electrons. The van der Waals surface area contributed by atoms with Gasteiger partial charge >= 0.3 is 8.03 Å². The zero-order chi connectivity index (χ0) is 7.11. The lowest BCUT2D eigenvalue weighted by molar-refractivity contribution is 0.301. The van der Waals surface area contributed by atoms with Crippen LogP contribution in [0, 0.1) is 0 Å². The van der Waals surface area contributed by atoms with Crippen LogP contribution in [0.1, 0.15) is 0 Å². The van der Waals surface area contributed by atoms with Gasteiger partial charge in [-0.2, -0.15) is 0 Å². The molecular weight excluding hydrogens is 141 g/mol. The first-order valence-electron chi connectivity index (χ1n) is 2.69. The Hall–Kier alpha value is -0.0200. The lowest BCUT2D eigenvalue weighted by Gasteiger charge is -1.84. The molecule has 0 aliphatic heterocycles. The highest BCUT2D eigenvalue weighted by Crippen LogP contribution is 2.19. The van der Waals surface area contributed by atoms with Crippen molar-refractivity contribution in [3.8, 4) is 0 Å². The summed E-state index contributed by atoms with van der Waals surface area (Å²) in [5.74, 6) is 0. The second kappa shape index (κ2) is 6.11. The molecule has 0 bridgehead atoms. The van der Waals surface area contributed by atoms with E-state index in [1.54, 1.807) is 0 Å². The normalized spacial score (nSPS) is 11.6. The number of hydrogen-bond donors (Lipinski definition) is 2. The maximum absolute atomic E-state index is 10.5. The molecule has 0 saturated carbocycles. The van der Waals surface area contributed by atoms with Crippen molar-refractivity contribution >= 4 is 8.03 Å². The van der Waals surface area contributed by atoms with E-state index in [0.29, 0.717) is 13.2 Å². The summed E-state index contributed by atoms with van der Waals surface area (Å²) < 4.78 is 15.2. The zero-order valence-electron chi connectivity index (χ0n) is 5.12. The van der Waals surface area contributed by atoms with Crippen LogP contribution >= 0.6 is 8.03 Å². The van der Waals surface area contributed by atoms with E-state index in [-0.39, 0.29) is 12.8 Å². The molecule has 0 aliphatic rings. The minimum absolute atomic E-state index is 0.0974. The van der Waals surface area contributed by atoms with E-state index in [9.17, 15) is 4.57 Å². The highest BCUT2D eigenvalue weighted by atomic mass is 31.1. The molecule has 0 spiro atoms. The molecule has 1 atom stereocenters. The van der Waals surface area contributed by atoms with Gasteiger partial charge in [0.05, 0.1) is 6.61 Å². The molecule has 0 aromatic heterocycles. The lowest BCUT2D eigenvalue weighted by Crippen LogP contribution is -2.05. The fourth-order valence-corrected chi connectivity index (χ4v) is 0.902. The van der Waals surface area contributed by atoms with E-state index in [4.69, 9.17) is 10.8 Å². The fraction of sp³-hybridized carbons (Fsp3) is 1.00. The van der Waals surface area contributed by atoms with E-state index >= 15 is 0 Å². The van der Waals surface area contributed by atoms with Crippen LogP contribution < -0.4 is 5.73 Å². The Bertz CT molecular complexity index is 87.9. The van der Waals surface area contributed by atoms with Gasteiger partial charge in [-0.3, -0.25) is 0 Å². The van der Waals surface area contributed by atoms with Crippen molar-refractivity contribution in [2.24, 2.45) is 5.73 Å². The van der Waals surface area contributed by atoms with Crippen LogP contribution in [-0.2, 0) is 9.09 Å². The molecule has 0 amide bonds. The Kier molecular flexibility index (Phi) is 6.09. The third-order valence-corrected chi connectivity index (χ3v) is 1.67. The summed E-state index contributed by atoms with van der Waals surface area (Å²) >= 11 is 0. The maximum Gasteiger partial charge on any atom is 0.510 e. The SMILES string of the molecule is NCCO[P+](=O)CCO. The van der Waals surface area contributed by atoms with Gasteiger partial charge in [0, 0.05) is 6.54 Å². The van der Waals surface area contributed by atoms with Crippen molar-refractivity contribution in [3.63, 3.8) is 0 Å². The first kappa shape index (κ1) is 8.98. The lowest BCUT2D eigenvalue weighted by atomic mass is 10.8. The molecule has 0 heterocycles. The van der Waals surface area contributed by atoms with Crippen LogP contribution in [0.25, 0.3) is 0 Å². The standard InChI is InChI=1S/C4H11NO3P/c5-1-3-8-9(7)4-2-6/h6H,1-5H2/q+1. The van der Waals surface area contributed by atoms with E-state index in [0.717, 1.165) is 0 Å². The van der Waals surface area contributed by atoms with Gasteiger partial charge in [-0.25, -0.2) is 0 Å². The Morgan fingerprint density at radius 2 is 2.33 bits per heavy atom. The fourth-order valence-electron chi connectivity index (χ4n) is 0.301. The third-order valence-electron chi connectivity index (χ3n) is 0.636. The van der Waals surface area contributed by atoms with Crippen molar-refractivity contribution in [1.29, 1.82) is 0 Å². The summed E-state index contributed by atoms with van der Waals surface area (Å²) in [6, 6.07) is 0. The smallest absolute Gasteiger partial charge is 0.392 e. The average Bonchev–Trinajstić information content (AvgIpc) is 1.85. The van der Waals surface area contributed by atoms with Gasteiger partial charge in [0.15, 0.2) is 0 Å². The first-order valence-corrected chi connectivity index (χ1v) is 4.06. The molecule has 4 nitrogen and oxygen atoms in total. The number of aliphatic hydroxyl groups excluding tert-OH is 1. The molecule has 1 unspecified atom stereocenters. The quantitative estimate of drug-likeness (QED) is 0.530. The van der Waals surface area contributed by atoms with E-state index in [1.165, 1.54) is 0 Å². The summed E-state index contributed by atoms with van der Waals surface area (Å²) in [5.41, 5.74) is 5.06. The molecule has 3 N–H and O–H groups in total. The maximum atomic E-state index is 10.5. The van der Waals surface area contributed by atoms with Gasteiger partial charge in [-0.05, 0) is 4.57 Å². The molecule has 0 aromatic carbocycles. The molecule has 0 aromatic rings. The number of nitrogens with two attached hydrogens (primary N) is 1. The first-order chi connectivity index (χ1) is 4.31. The van der Waals surface area contributed by atoms with Gasteiger partial charge < -0.3 is 10.8 Å². The van der Waals surface area contributed by atoms with Crippen molar-refractivity contribution in [3.05, 3.63) is 0 Å². The van der Waals surface area contributed by atoms with Gasteiger partial charge in [0.25, 0.3) is 0 Å². The predicted octanol–water partition coefficient (Wildman–Crippen LogP) is -0.304. The van der Waals surface area contributed by atoms with Crippen molar-refractivity contribution in [2.45, 2.75) is 0 Å². The van der Waals surface area contributed by atoms with Gasteiger partial charge in [-0.1, -0.05) is 0 Å². The Morgan fingerprint density at radius 3 is 2.78 bits per heavy atom. The topological polar surface area (TPSA) is 72.5 Å². The Balaban J connectivity index is 3.06. The Labute approximate surface area is 54.9 Å². The molecule has 9 heavy (non-hydrogen) atoms. The van der Waals surface area contributed by atoms with Crippen molar-refractivity contribution in [2.75, 3.05) is 25.9 Å². The number of aliphatic hydroxyl groups is 1. The van der Waals surface area contributed by atoms with Crippen molar-refractivity contribution in [1.82, 2.24) is 0 Å². The molecule has 0 fully saturated rings. The van der Waals surface area contributed by atoms with E-state index < -0.39 is 8.03 Å². The second-order valence-corrected chi connectivity index (χ2v) is 2.77. The van der Waals surface area contributed by atoms with Gasteiger partial charge in [-0.15, -0.1) is 4.52 Å². The summed E-state index contributed by atoms with van der Waals surface area (Å²) in [5, 5.41) is 8.24. The summed E-state index contributed by atoms with van der Waals surface area (Å²) in [6.45, 7) is 0.571. The van der Waals surface area contributed by atoms with Crippen LogP contribution in [-0.4, -0.2) is 31.0 Å². The van der Waals surface area contributed by atoms with Crippen molar-refractivity contribution < 1.29 is 14.2 Å². The average molecular weight is 152 g/mol. The number of hydrogen-bond acceptors (Lipinski definition) is 4. The van der Waals surface area contributed by atoms with E-state index in [1.807, 2.05) is 0 Å². The van der Waals surface area contributed by atoms with Gasteiger partial charge in [0.1, 0.15) is 6.61 Å². The Morgan fingerprint density at radius 1 is 1.67 bits per heavy atom. The van der Waals surface area contributed by atoms with E-state index in [2.05, 4.69) is 4.52 Å². The highest BCUT2D eigenvalue weighted by molar-refractivity contribution is 7.39. The van der Waals surface area contributed by atoms with Crippen LogP contribution in [0.3, 0.4) is 0 Å². The molecule has 5 heteroatoms. The van der Waals surface area contributed by atoms with Crippen LogP contribution in [0.2, 0.25) is 0 Å². The van der Waals surface area contributed by atoms with Gasteiger partial charge in [0.2, 0.25) is 6.16 Å². The molecule has 0 saturated heterocycles. The molecular formula is C4H11NO3P+. The second-order valence-electron chi connectivity index (χ2n) is 1.40. The predicted molar refractivity (Wildman–Crippen MR) is 34.6 cm³/mol. The summed E-state index contributed by atoms with van der Waals surface area (Å²) in [6.07, 6.45) is 0.204. The minimum Gasteiger partial charge on any atom is -0.392 e. The number of rotatable bonds is 5.